The van der Waals surface area contributed by atoms with Crippen LogP contribution in [-0.4, -0.2) is 13.1 Å². The lowest BCUT2D eigenvalue weighted by molar-refractivity contribution is 0.456. The van der Waals surface area contributed by atoms with Gasteiger partial charge >= 0.3 is 0 Å². The number of furan rings is 1. The van der Waals surface area contributed by atoms with Crippen molar-refractivity contribution >= 4 is 0 Å². The van der Waals surface area contributed by atoms with Crippen molar-refractivity contribution in [3.8, 4) is 0 Å². The number of piperidine rings is 1. The van der Waals surface area contributed by atoms with E-state index in [0.29, 0.717) is 5.92 Å². The topological polar surface area (TPSA) is 25.2 Å². The SMILES string of the molecule is c1cc(C2CCCNC2)co1. The van der Waals surface area contributed by atoms with E-state index in [-0.39, 0.29) is 0 Å². The first-order valence-corrected chi connectivity index (χ1v) is 4.19. The summed E-state index contributed by atoms with van der Waals surface area (Å²) in [6.45, 7) is 2.29. The monoisotopic (exact) mass is 151 g/mol. The zero-order valence-corrected chi connectivity index (χ0v) is 6.55. The number of rotatable bonds is 1. The molecule has 1 aliphatic rings. The van der Waals surface area contributed by atoms with Crippen LogP contribution in [0.15, 0.2) is 23.0 Å². The van der Waals surface area contributed by atoms with Crippen LogP contribution in [-0.2, 0) is 0 Å². The zero-order chi connectivity index (χ0) is 7.52. The average molecular weight is 151 g/mol. The maximum Gasteiger partial charge on any atom is 0.0937 e. The van der Waals surface area contributed by atoms with Crippen LogP contribution in [0.2, 0.25) is 0 Å². The molecule has 2 rings (SSSR count). The lowest BCUT2D eigenvalue weighted by Gasteiger charge is -2.21. The maximum absolute atomic E-state index is 5.04. The minimum atomic E-state index is 0.683. The molecule has 0 aromatic carbocycles. The molecule has 1 unspecified atom stereocenters. The third kappa shape index (κ3) is 1.46. The number of nitrogens with one attached hydrogen (secondary N) is 1. The van der Waals surface area contributed by atoms with Gasteiger partial charge in [0.15, 0.2) is 0 Å². The smallest absolute Gasteiger partial charge is 0.0937 e. The Morgan fingerprint density at radius 1 is 1.55 bits per heavy atom. The molecule has 0 spiro atoms. The van der Waals surface area contributed by atoms with E-state index in [1.54, 1.807) is 6.26 Å². The lowest BCUT2D eigenvalue weighted by Crippen LogP contribution is -2.28. The molecule has 2 nitrogen and oxygen atoms in total. The second kappa shape index (κ2) is 3.09. The highest BCUT2D eigenvalue weighted by Gasteiger charge is 2.15. The second-order valence-corrected chi connectivity index (χ2v) is 3.10. The van der Waals surface area contributed by atoms with E-state index in [2.05, 4.69) is 11.4 Å². The molecule has 2 heterocycles. The first-order valence-electron chi connectivity index (χ1n) is 4.19. The highest BCUT2D eigenvalue weighted by Crippen LogP contribution is 2.22. The van der Waals surface area contributed by atoms with Crippen molar-refractivity contribution in [2.75, 3.05) is 13.1 Å². The number of hydrogen-bond donors (Lipinski definition) is 1. The van der Waals surface area contributed by atoms with Crippen LogP contribution in [0.5, 0.6) is 0 Å². The Morgan fingerprint density at radius 3 is 3.18 bits per heavy atom. The summed E-state index contributed by atoms with van der Waals surface area (Å²) >= 11 is 0. The second-order valence-electron chi connectivity index (χ2n) is 3.10. The van der Waals surface area contributed by atoms with Gasteiger partial charge in [0.1, 0.15) is 0 Å². The van der Waals surface area contributed by atoms with E-state index in [1.165, 1.54) is 24.9 Å². The van der Waals surface area contributed by atoms with Gasteiger partial charge in [-0.2, -0.15) is 0 Å². The summed E-state index contributed by atoms with van der Waals surface area (Å²) in [5, 5.41) is 3.38. The lowest BCUT2D eigenvalue weighted by atomic mass is 9.94. The van der Waals surface area contributed by atoms with Gasteiger partial charge in [0, 0.05) is 6.54 Å². The fourth-order valence-electron chi connectivity index (χ4n) is 1.64. The van der Waals surface area contributed by atoms with Crippen molar-refractivity contribution in [2.45, 2.75) is 18.8 Å². The van der Waals surface area contributed by atoms with Crippen molar-refractivity contribution in [1.82, 2.24) is 5.32 Å². The Balaban J connectivity index is 2.04. The van der Waals surface area contributed by atoms with Gasteiger partial charge in [-0.05, 0) is 36.9 Å². The van der Waals surface area contributed by atoms with Crippen LogP contribution < -0.4 is 5.32 Å². The van der Waals surface area contributed by atoms with Crippen LogP contribution in [0, 0.1) is 0 Å². The minimum absolute atomic E-state index is 0.683. The summed E-state index contributed by atoms with van der Waals surface area (Å²) in [5.74, 6) is 0.683. The van der Waals surface area contributed by atoms with E-state index in [1.807, 2.05) is 6.26 Å². The Labute approximate surface area is 66.6 Å². The molecule has 1 aromatic heterocycles. The third-order valence-electron chi connectivity index (χ3n) is 2.31. The summed E-state index contributed by atoms with van der Waals surface area (Å²) in [5.41, 5.74) is 1.34. The van der Waals surface area contributed by atoms with Gasteiger partial charge in [-0.3, -0.25) is 0 Å². The van der Waals surface area contributed by atoms with Crippen LogP contribution in [0.25, 0.3) is 0 Å². The van der Waals surface area contributed by atoms with Crippen molar-refractivity contribution in [3.05, 3.63) is 24.2 Å². The average Bonchev–Trinajstić information content (AvgIpc) is 2.58. The molecule has 1 saturated heterocycles. The maximum atomic E-state index is 5.04. The number of hydrogen-bond acceptors (Lipinski definition) is 2. The van der Waals surface area contributed by atoms with Gasteiger partial charge in [-0.25, -0.2) is 0 Å². The van der Waals surface area contributed by atoms with Crippen molar-refractivity contribution in [2.24, 2.45) is 0 Å². The highest BCUT2D eigenvalue weighted by molar-refractivity contribution is 5.13. The van der Waals surface area contributed by atoms with Crippen molar-refractivity contribution < 1.29 is 4.42 Å². The van der Waals surface area contributed by atoms with Gasteiger partial charge in [0.05, 0.1) is 12.5 Å². The molecule has 0 bridgehead atoms. The predicted octanol–water partition coefficient (Wildman–Crippen LogP) is 1.75. The molecule has 2 heteroatoms. The van der Waals surface area contributed by atoms with E-state index in [0.717, 1.165) is 6.54 Å². The molecule has 0 aliphatic carbocycles. The molecule has 0 radical (unpaired) electrons. The quantitative estimate of drug-likeness (QED) is 0.661. The van der Waals surface area contributed by atoms with Gasteiger partial charge < -0.3 is 9.73 Å². The summed E-state index contributed by atoms with van der Waals surface area (Å²) in [7, 11) is 0. The fourth-order valence-corrected chi connectivity index (χ4v) is 1.64. The van der Waals surface area contributed by atoms with E-state index < -0.39 is 0 Å². The molecule has 0 amide bonds. The van der Waals surface area contributed by atoms with Crippen LogP contribution >= 0.6 is 0 Å². The Hall–Kier alpha value is -0.760. The van der Waals surface area contributed by atoms with Crippen LogP contribution in [0.1, 0.15) is 24.3 Å². The van der Waals surface area contributed by atoms with Gasteiger partial charge in [0.25, 0.3) is 0 Å². The Bertz CT molecular complexity index is 199. The third-order valence-corrected chi connectivity index (χ3v) is 2.31. The van der Waals surface area contributed by atoms with E-state index >= 15 is 0 Å². The first kappa shape index (κ1) is 6.92. The molecule has 1 aromatic rings. The molecule has 11 heavy (non-hydrogen) atoms. The highest BCUT2D eigenvalue weighted by atomic mass is 16.3. The van der Waals surface area contributed by atoms with Gasteiger partial charge in [-0.15, -0.1) is 0 Å². The minimum Gasteiger partial charge on any atom is -0.472 e. The molecule has 0 saturated carbocycles. The first-order chi connectivity index (χ1) is 5.47. The molecular formula is C9H13NO. The Kier molecular flexibility index (Phi) is 1.95. The predicted molar refractivity (Wildman–Crippen MR) is 43.6 cm³/mol. The van der Waals surface area contributed by atoms with Crippen LogP contribution in [0.4, 0.5) is 0 Å². The van der Waals surface area contributed by atoms with E-state index in [4.69, 9.17) is 4.42 Å². The van der Waals surface area contributed by atoms with Crippen LogP contribution in [0.3, 0.4) is 0 Å². The molecule has 60 valence electrons. The van der Waals surface area contributed by atoms with Crippen molar-refractivity contribution in [1.29, 1.82) is 0 Å². The molecule has 1 N–H and O–H groups in total. The standard InChI is InChI=1S/C9H13NO/c1-2-8(6-10-4-1)9-3-5-11-7-9/h3,5,7-8,10H,1-2,4,6H2. The molecule has 1 atom stereocenters. The molecule has 1 fully saturated rings. The fraction of sp³-hybridized carbons (Fsp3) is 0.556. The van der Waals surface area contributed by atoms with Crippen molar-refractivity contribution in [3.63, 3.8) is 0 Å². The van der Waals surface area contributed by atoms with Gasteiger partial charge in [0.2, 0.25) is 0 Å². The van der Waals surface area contributed by atoms with E-state index in [9.17, 15) is 0 Å². The summed E-state index contributed by atoms with van der Waals surface area (Å²) in [6, 6.07) is 2.07. The summed E-state index contributed by atoms with van der Waals surface area (Å²) in [6.07, 6.45) is 6.20. The van der Waals surface area contributed by atoms with Gasteiger partial charge in [-0.1, -0.05) is 0 Å². The normalized spacial score (nSPS) is 25.3. The summed E-state index contributed by atoms with van der Waals surface area (Å²) < 4.78 is 5.04. The Morgan fingerprint density at radius 2 is 2.55 bits per heavy atom. The molecule has 1 aliphatic heterocycles. The summed E-state index contributed by atoms with van der Waals surface area (Å²) in [4.78, 5) is 0. The largest absolute Gasteiger partial charge is 0.472 e. The molecular weight excluding hydrogens is 138 g/mol. The zero-order valence-electron chi connectivity index (χ0n) is 6.55.